The van der Waals surface area contributed by atoms with Gasteiger partial charge in [0.1, 0.15) is 0 Å². The van der Waals surface area contributed by atoms with Crippen molar-refractivity contribution in [2.24, 2.45) is 0 Å². The van der Waals surface area contributed by atoms with E-state index in [-0.39, 0.29) is 12.5 Å². The zero-order valence-electron chi connectivity index (χ0n) is 34.2. The molecule has 0 fully saturated rings. The van der Waals surface area contributed by atoms with Crippen LogP contribution in [0.15, 0.2) is 12.2 Å². The zero-order chi connectivity index (χ0) is 36.4. The summed E-state index contributed by atoms with van der Waals surface area (Å²) in [7, 11) is 0. The number of nitrogens with one attached hydrogen (secondary N) is 1. The molecule has 2 atom stereocenters. The van der Waals surface area contributed by atoms with E-state index in [1.54, 1.807) is 0 Å². The third-order valence-electron chi connectivity index (χ3n) is 10.8. The predicted octanol–water partition coefficient (Wildman–Crippen LogP) is 14.2. The van der Waals surface area contributed by atoms with E-state index in [0.717, 1.165) is 32.1 Å². The summed E-state index contributed by atoms with van der Waals surface area (Å²) in [6.07, 6.45) is 53.9. The lowest BCUT2D eigenvalue weighted by Crippen LogP contribution is -2.45. The largest absolute Gasteiger partial charge is 0.394 e. The highest BCUT2D eigenvalue weighted by Gasteiger charge is 2.19. The molecular formula is C46H91NO3. The van der Waals surface area contributed by atoms with Gasteiger partial charge in [-0.15, -0.1) is 0 Å². The Kier molecular flexibility index (Phi) is 41.8. The van der Waals surface area contributed by atoms with E-state index in [1.165, 1.54) is 199 Å². The standard InChI is InChI=1S/C46H91NO3/c1-3-5-7-8-9-10-11-12-13-14-15-16-17-18-19-20-21-22-23-24-25-26-27-28-29-30-31-32-33-34-35-36-37-38-40-42-46(50)47-44(43-48)45(49)41-39-6-4-2/h14-15,44-45,48-49H,3-13,16-43H2,1-2H3,(H,47,50)/b15-14-. The Balaban J connectivity index is 3.25. The molecule has 2 unspecified atom stereocenters. The van der Waals surface area contributed by atoms with Crippen molar-refractivity contribution in [3.8, 4) is 0 Å². The van der Waals surface area contributed by atoms with Crippen molar-refractivity contribution in [2.75, 3.05) is 6.61 Å². The second-order valence-corrected chi connectivity index (χ2v) is 15.8. The molecule has 4 heteroatoms. The molecule has 0 saturated heterocycles. The second-order valence-electron chi connectivity index (χ2n) is 15.8. The Morgan fingerprint density at radius 2 is 0.760 bits per heavy atom. The zero-order valence-corrected chi connectivity index (χ0v) is 34.2. The van der Waals surface area contributed by atoms with Gasteiger partial charge in [-0.1, -0.05) is 225 Å². The quantitative estimate of drug-likeness (QED) is 0.0437. The lowest BCUT2D eigenvalue weighted by atomic mass is 10.0. The van der Waals surface area contributed by atoms with Crippen LogP contribution in [0, 0.1) is 0 Å². The first-order valence-electron chi connectivity index (χ1n) is 22.9. The lowest BCUT2D eigenvalue weighted by molar-refractivity contribution is -0.123. The van der Waals surface area contributed by atoms with Gasteiger partial charge in [0.15, 0.2) is 0 Å². The van der Waals surface area contributed by atoms with Crippen molar-refractivity contribution in [1.82, 2.24) is 5.32 Å². The number of rotatable bonds is 42. The molecule has 0 aromatic carbocycles. The predicted molar refractivity (Wildman–Crippen MR) is 221 cm³/mol. The summed E-state index contributed by atoms with van der Waals surface area (Å²) in [5, 5.41) is 22.6. The van der Waals surface area contributed by atoms with Crippen molar-refractivity contribution < 1.29 is 15.0 Å². The Morgan fingerprint density at radius 1 is 0.460 bits per heavy atom. The molecule has 0 aliphatic carbocycles. The van der Waals surface area contributed by atoms with Crippen molar-refractivity contribution in [2.45, 2.75) is 270 Å². The molecule has 50 heavy (non-hydrogen) atoms. The van der Waals surface area contributed by atoms with E-state index in [9.17, 15) is 15.0 Å². The van der Waals surface area contributed by atoms with Crippen LogP contribution < -0.4 is 5.32 Å². The third kappa shape index (κ3) is 38.4. The summed E-state index contributed by atoms with van der Waals surface area (Å²) in [4.78, 5) is 12.2. The highest BCUT2D eigenvalue weighted by molar-refractivity contribution is 5.76. The fourth-order valence-corrected chi connectivity index (χ4v) is 7.24. The third-order valence-corrected chi connectivity index (χ3v) is 10.8. The maximum Gasteiger partial charge on any atom is 0.220 e. The summed E-state index contributed by atoms with van der Waals surface area (Å²) in [5.41, 5.74) is 0. The van der Waals surface area contributed by atoms with Crippen LogP contribution in [0.5, 0.6) is 0 Å². The molecule has 0 spiro atoms. The Bertz CT molecular complexity index is 680. The molecule has 0 aliphatic rings. The van der Waals surface area contributed by atoms with E-state index in [1.807, 2.05) is 0 Å². The molecule has 0 heterocycles. The van der Waals surface area contributed by atoms with Gasteiger partial charge in [-0.05, 0) is 38.5 Å². The van der Waals surface area contributed by atoms with Gasteiger partial charge in [0, 0.05) is 6.42 Å². The lowest BCUT2D eigenvalue weighted by Gasteiger charge is -2.22. The number of aliphatic hydroxyl groups excluding tert-OH is 2. The highest BCUT2D eigenvalue weighted by Crippen LogP contribution is 2.16. The summed E-state index contributed by atoms with van der Waals surface area (Å²) >= 11 is 0. The van der Waals surface area contributed by atoms with E-state index in [2.05, 4.69) is 31.3 Å². The first-order valence-corrected chi connectivity index (χ1v) is 22.9. The van der Waals surface area contributed by atoms with E-state index < -0.39 is 12.1 Å². The fourth-order valence-electron chi connectivity index (χ4n) is 7.24. The van der Waals surface area contributed by atoms with Crippen LogP contribution in [0.3, 0.4) is 0 Å². The summed E-state index contributed by atoms with van der Waals surface area (Å²) < 4.78 is 0. The van der Waals surface area contributed by atoms with Crippen molar-refractivity contribution in [3.63, 3.8) is 0 Å². The van der Waals surface area contributed by atoms with E-state index in [0.29, 0.717) is 12.8 Å². The van der Waals surface area contributed by atoms with Crippen molar-refractivity contribution >= 4 is 5.91 Å². The molecule has 0 bridgehead atoms. The molecule has 0 rings (SSSR count). The van der Waals surface area contributed by atoms with E-state index >= 15 is 0 Å². The fraction of sp³-hybridized carbons (Fsp3) is 0.935. The Hall–Kier alpha value is -0.870. The van der Waals surface area contributed by atoms with Gasteiger partial charge in [0.25, 0.3) is 0 Å². The second kappa shape index (κ2) is 42.5. The van der Waals surface area contributed by atoms with Crippen LogP contribution in [0.4, 0.5) is 0 Å². The monoisotopic (exact) mass is 706 g/mol. The average molecular weight is 706 g/mol. The molecule has 4 nitrogen and oxygen atoms in total. The van der Waals surface area contributed by atoms with Gasteiger partial charge >= 0.3 is 0 Å². The number of carbonyl (C=O) groups excluding carboxylic acids is 1. The number of carbonyl (C=O) groups is 1. The number of hydrogen-bond donors (Lipinski definition) is 3. The first-order chi connectivity index (χ1) is 24.7. The normalized spacial score (nSPS) is 13.0. The molecule has 0 radical (unpaired) electrons. The van der Waals surface area contributed by atoms with Gasteiger partial charge in [-0.3, -0.25) is 4.79 Å². The maximum atomic E-state index is 12.2. The van der Waals surface area contributed by atoms with Crippen LogP contribution in [-0.2, 0) is 4.79 Å². The number of hydrogen-bond acceptors (Lipinski definition) is 3. The number of aliphatic hydroxyl groups is 2. The van der Waals surface area contributed by atoms with Crippen LogP contribution >= 0.6 is 0 Å². The molecule has 0 aliphatic heterocycles. The molecule has 0 aromatic heterocycles. The molecule has 1 amide bonds. The number of amides is 1. The minimum absolute atomic E-state index is 0.0387. The Morgan fingerprint density at radius 3 is 1.10 bits per heavy atom. The topological polar surface area (TPSA) is 69.6 Å². The molecule has 3 N–H and O–H groups in total. The highest BCUT2D eigenvalue weighted by atomic mass is 16.3. The van der Waals surface area contributed by atoms with Gasteiger partial charge in [0.05, 0.1) is 18.8 Å². The van der Waals surface area contributed by atoms with Gasteiger partial charge in [-0.25, -0.2) is 0 Å². The minimum atomic E-state index is -0.651. The molecule has 298 valence electrons. The van der Waals surface area contributed by atoms with Gasteiger partial charge < -0.3 is 15.5 Å². The van der Waals surface area contributed by atoms with E-state index in [4.69, 9.17) is 0 Å². The van der Waals surface area contributed by atoms with Gasteiger partial charge in [0.2, 0.25) is 5.91 Å². The van der Waals surface area contributed by atoms with Gasteiger partial charge in [-0.2, -0.15) is 0 Å². The SMILES string of the molecule is CCCCCCCCCC/C=C\CCCCCCCCCCCCCCCCCCCCCCCCCC(=O)NC(CO)C(O)CCCCC. The minimum Gasteiger partial charge on any atom is -0.394 e. The first kappa shape index (κ1) is 49.1. The average Bonchev–Trinajstić information content (AvgIpc) is 3.12. The summed E-state index contributed by atoms with van der Waals surface area (Å²) in [5.74, 6) is -0.0387. The van der Waals surface area contributed by atoms with Crippen molar-refractivity contribution in [3.05, 3.63) is 12.2 Å². The van der Waals surface area contributed by atoms with Crippen LogP contribution in [0.2, 0.25) is 0 Å². The number of allylic oxidation sites excluding steroid dienone is 2. The smallest absolute Gasteiger partial charge is 0.220 e. The number of unbranched alkanes of at least 4 members (excludes halogenated alkanes) is 33. The van der Waals surface area contributed by atoms with Crippen LogP contribution in [0.25, 0.3) is 0 Å². The molecule has 0 saturated carbocycles. The van der Waals surface area contributed by atoms with Crippen LogP contribution in [-0.4, -0.2) is 34.9 Å². The maximum absolute atomic E-state index is 12.2. The molecular weight excluding hydrogens is 615 g/mol. The summed E-state index contributed by atoms with van der Waals surface area (Å²) in [6, 6.07) is -0.527. The van der Waals surface area contributed by atoms with Crippen LogP contribution in [0.1, 0.15) is 258 Å². The van der Waals surface area contributed by atoms with Crippen molar-refractivity contribution in [1.29, 1.82) is 0 Å². The summed E-state index contributed by atoms with van der Waals surface area (Å²) in [6.45, 7) is 4.23. The Labute approximate surface area is 314 Å². The molecule has 0 aromatic rings.